The number of benzene rings is 2. The largest absolute Gasteiger partial charge is 0.497 e. The van der Waals surface area contributed by atoms with E-state index in [1.807, 2.05) is 30.3 Å². The fourth-order valence-corrected chi connectivity index (χ4v) is 3.29. The van der Waals surface area contributed by atoms with E-state index < -0.39 is 6.10 Å². The number of aliphatic hydroxyl groups is 1. The van der Waals surface area contributed by atoms with Crippen molar-refractivity contribution in [3.05, 3.63) is 65.2 Å². The van der Waals surface area contributed by atoms with Gasteiger partial charge in [0, 0.05) is 6.54 Å². The number of rotatable bonds is 5. The lowest BCUT2D eigenvalue weighted by Crippen LogP contribution is -2.34. The Hall–Kier alpha value is -2.33. The minimum atomic E-state index is -0.723. The molecule has 0 saturated carbocycles. The zero-order chi connectivity index (χ0) is 16.9. The average Bonchev–Trinajstić information content (AvgIpc) is 2.65. The van der Waals surface area contributed by atoms with Crippen molar-refractivity contribution in [2.75, 3.05) is 13.7 Å². The van der Waals surface area contributed by atoms with Gasteiger partial charge in [-0.2, -0.15) is 0 Å². The summed E-state index contributed by atoms with van der Waals surface area (Å²) in [6.07, 6.45) is 2.20. The molecule has 0 heterocycles. The third kappa shape index (κ3) is 3.60. The summed E-state index contributed by atoms with van der Waals surface area (Å²) in [7, 11) is 1.60. The third-order valence-corrected chi connectivity index (χ3v) is 4.66. The summed E-state index contributed by atoms with van der Waals surface area (Å²) in [5.41, 5.74) is 3.15. The van der Waals surface area contributed by atoms with Crippen molar-refractivity contribution in [2.24, 2.45) is 0 Å². The van der Waals surface area contributed by atoms with Crippen LogP contribution in [-0.4, -0.2) is 24.7 Å². The van der Waals surface area contributed by atoms with E-state index in [2.05, 4.69) is 11.4 Å². The van der Waals surface area contributed by atoms with Gasteiger partial charge in [0.2, 0.25) is 5.91 Å². The molecule has 2 atom stereocenters. The van der Waals surface area contributed by atoms with Gasteiger partial charge in [0.25, 0.3) is 0 Å². The van der Waals surface area contributed by atoms with Crippen molar-refractivity contribution in [3.8, 4) is 5.75 Å². The number of amides is 1. The van der Waals surface area contributed by atoms with Gasteiger partial charge >= 0.3 is 0 Å². The SMILES string of the molecule is COc1ccc([C@H](O)CNC(=O)[C@@H]2CCCc3ccccc32)cc1. The summed E-state index contributed by atoms with van der Waals surface area (Å²) >= 11 is 0. The van der Waals surface area contributed by atoms with Crippen LogP contribution in [0.4, 0.5) is 0 Å². The van der Waals surface area contributed by atoms with E-state index in [0.29, 0.717) is 0 Å². The highest BCUT2D eigenvalue weighted by Crippen LogP contribution is 2.31. The van der Waals surface area contributed by atoms with Crippen LogP contribution in [0, 0.1) is 0 Å². The van der Waals surface area contributed by atoms with E-state index in [1.165, 1.54) is 5.56 Å². The maximum atomic E-state index is 12.6. The summed E-state index contributed by atoms with van der Waals surface area (Å²) in [5, 5.41) is 13.2. The predicted molar refractivity (Wildman–Crippen MR) is 93.1 cm³/mol. The lowest BCUT2D eigenvalue weighted by Gasteiger charge is -2.25. The number of nitrogens with one attached hydrogen (secondary N) is 1. The number of aliphatic hydroxyl groups excluding tert-OH is 1. The maximum Gasteiger partial charge on any atom is 0.227 e. The summed E-state index contributed by atoms with van der Waals surface area (Å²) in [6.45, 7) is 0.212. The minimum Gasteiger partial charge on any atom is -0.497 e. The van der Waals surface area contributed by atoms with Crippen LogP contribution < -0.4 is 10.1 Å². The first kappa shape index (κ1) is 16.5. The van der Waals surface area contributed by atoms with E-state index in [4.69, 9.17) is 4.74 Å². The Labute approximate surface area is 142 Å². The van der Waals surface area contributed by atoms with Gasteiger partial charge in [-0.05, 0) is 48.1 Å². The van der Waals surface area contributed by atoms with Crippen LogP contribution in [0.25, 0.3) is 0 Å². The molecule has 0 aliphatic heterocycles. The topological polar surface area (TPSA) is 58.6 Å². The van der Waals surface area contributed by atoms with E-state index in [0.717, 1.165) is 36.1 Å². The van der Waals surface area contributed by atoms with Crippen LogP contribution >= 0.6 is 0 Å². The van der Waals surface area contributed by atoms with E-state index in [1.54, 1.807) is 19.2 Å². The first-order valence-electron chi connectivity index (χ1n) is 8.36. The molecule has 0 saturated heterocycles. The molecule has 4 heteroatoms. The van der Waals surface area contributed by atoms with Crippen molar-refractivity contribution in [2.45, 2.75) is 31.3 Å². The molecule has 0 aromatic heterocycles. The molecule has 1 amide bonds. The van der Waals surface area contributed by atoms with Crippen LogP contribution in [0.15, 0.2) is 48.5 Å². The first-order chi connectivity index (χ1) is 11.7. The molecule has 1 aliphatic carbocycles. The second-order valence-electron chi connectivity index (χ2n) is 6.18. The van der Waals surface area contributed by atoms with Crippen LogP contribution in [0.5, 0.6) is 5.75 Å². The molecular formula is C20H23NO3. The van der Waals surface area contributed by atoms with E-state index in [9.17, 15) is 9.90 Å². The Morgan fingerprint density at radius 3 is 2.75 bits per heavy atom. The Morgan fingerprint density at radius 2 is 2.00 bits per heavy atom. The number of aryl methyl sites for hydroxylation is 1. The molecule has 1 aliphatic rings. The van der Waals surface area contributed by atoms with E-state index in [-0.39, 0.29) is 18.4 Å². The number of carbonyl (C=O) groups is 1. The van der Waals surface area contributed by atoms with Gasteiger partial charge in [0.15, 0.2) is 0 Å². The highest BCUT2D eigenvalue weighted by atomic mass is 16.5. The van der Waals surface area contributed by atoms with Crippen molar-refractivity contribution in [1.82, 2.24) is 5.32 Å². The molecule has 0 radical (unpaired) electrons. The second kappa shape index (κ2) is 7.49. The zero-order valence-corrected chi connectivity index (χ0v) is 13.9. The normalized spacial score (nSPS) is 17.7. The van der Waals surface area contributed by atoms with Gasteiger partial charge < -0.3 is 15.2 Å². The van der Waals surface area contributed by atoms with Crippen LogP contribution in [-0.2, 0) is 11.2 Å². The zero-order valence-electron chi connectivity index (χ0n) is 13.9. The first-order valence-corrected chi connectivity index (χ1v) is 8.36. The molecular weight excluding hydrogens is 302 g/mol. The Morgan fingerprint density at radius 1 is 1.25 bits per heavy atom. The summed E-state index contributed by atoms with van der Waals surface area (Å²) in [5.74, 6) is 0.626. The number of hydrogen-bond acceptors (Lipinski definition) is 3. The average molecular weight is 325 g/mol. The fraction of sp³-hybridized carbons (Fsp3) is 0.350. The van der Waals surface area contributed by atoms with Gasteiger partial charge in [-0.1, -0.05) is 36.4 Å². The smallest absolute Gasteiger partial charge is 0.227 e. The maximum absolute atomic E-state index is 12.6. The van der Waals surface area contributed by atoms with Gasteiger partial charge in [0.05, 0.1) is 19.1 Å². The molecule has 0 fully saturated rings. The Bertz CT molecular complexity index is 696. The van der Waals surface area contributed by atoms with Crippen molar-refractivity contribution in [3.63, 3.8) is 0 Å². The summed E-state index contributed by atoms with van der Waals surface area (Å²) in [4.78, 5) is 12.6. The standard InChI is InChI=1S/C20H23NO3/c1-24-16-11-9-15(10-12-16)19(22)13-21-20(23)18-8-4-6-14-5-2-3-7-17(14)18/h2-3,5,7,9-12,18-19,22H,4,6,8,13H2,1H3,(H,21,23)/t18-,19-/m1/s1. The quantitative estimate of drug-likeness (QED) is 0.888. The third-order valence-electron chi connectivity index (χ3n) is 4.66. The van der Waals surface area contributed by atoms with Crippen LogP contribution in [0.1, 0.15) is 41.6 Å². The van der Waals surface area contributed by atoms with Crippen molar-refractivity contribution >= 4 is 5.91 Å². The minimum absolute atomic E-state index is 0.00490. The van der Waals surface area contributed by atoms with Crippen LogP contribution in [0.3, 0.4) is 0 Å². The molecule has 0 bridgehead atoms. The number of hydrogen-bond donors (Lipinski definition) is 2. The molecule has 0 unspecified atom stereocenters. The van der Waals surface area contributed by atoms with Crippen molar-refractivity contribution < 1.29 is 14.6 Å². The molecule has 4 nitrogen and oxygen atoms in total. The lowest BCUT2D eigenvalue weighted by molar-refractivity contribution is -0.123. The molecule has 2 aromatic rings. The molecule has 3 rings (SSSR count). The lowest BCUT2D eigenvalue weighted by atomic mass is 9.82. The molecule has 0 spiro atoms. The van der Waals surface area contributed by atoms with Crippen LogP contribution in [0.2, 0.25) is 0 Å². The summed E-state index contributed by atoms with van der Waals surface area (Å²) in [6, 6.07) is 15.4. The molecule has 2 aromatic carbocycles. The van der Waals surface area contributed by atoms with Gasteiger partial charge in [0.1, 0.15) is 5.75 Å². The molecule has 126 valence electrons. The Balaban J connectivity index is 1.61. The molecule has 24 heavy (non-hydrogen) atoms. The fourth-order valence-electron chi connectivity index (χ4n) is 3.29. The van der Waals surface area contributed by atoms with Gasteiger partial charge in [-0.25, -0.2) is 0 Å². The van der Waals surface area contributed by atoms with Gasteiger partial charge in [-0.3, -0.25) is 4.79 Å². The number of carbonyl (C=O) groups excluding carboxylic acids is 1. The van der Waals surface area contributed by atoms with Crippen molar-refractivity contribution in [1.29, 1.82) is 0 Å². The Kier molecular flexibility index (Phi) is 5.16. The summed E-state index contributed by atoms with van der Waals surface area (Å²) < 4.78 is 5.11. The number of ether oxygens (including phenoxy) is 1. The second-order valence-corrected chi connectivity index (χ2v) is 6.18. The highest BCUT2D eigenvalue weighted by Gasteiger charge is 2.26. The molecule has 2 N–H and O–H groups in total. The monoisotopic (exact) mass is 325 g/mol. The van der Waals surface area contributed by atoms with E-state index >= 15 is 0 Å². The predicted octanol–water partition coefficient (Wildman–Crippen LogP) is 2.96. The number of fused-ring (bicyclic) bond motifs is 1. The highest BCUT2D eigenvalue weighted by molar-refractivity contribution is 5.84. The van der Waals surface area contributed by atoms with Gasteiger partial charge in [-0.15, -0.1) is 0 Å². The number of methoxy groups -OCH3 is 1.